The first-order valence-electron chi connectivity index (χ1n) is 17.6. The Hall–Kier alpha value is -4.44. The van der Waals surface area contributed by atoms with Gasteiger partial charge in [-0.3, -0.25) is 19.4 Å². The molecule has 0 aliphatic carbocycles. The van der Waals surface area contributed by atoms with E-state index >= 15 is 0 Å². The molecular formula is C40H54N4O6. The van der Waals surface area contributed by atoms with Crippen molar-refractivity contribution in [2.75, 3.05) is 30.6 Å². The molecule has 1 aliphatic heterocycles. The van der Waals surface area contributed by atoms with Gasteiger partial charge in [-0.25, -0.2) is 4.79 Å². The van der Waals surface area contributed by atoms with Gasteiger partial charge in [-0.1, -0.05) is 40.2 Å². The number of hydroxylamine groups is 1. The third-order valence-corrected chi connectivity index (χ3v) is 8.64. The highest BCUT2D eigenvalue weighted by molar-refractivity contribution is 6.05. The molecule has 1 aromatic heterocycles. The highest BCUT2D eigenvalue weighted by atomic mass is 16.7. The summed E-state index contributed by atoms with van der Waals surface area (Å²) in [5, 5.41) is 4.24. The maximum Gasteiger partial charge on any atom is 0.410 e. The van der Waals surface area contributed by atoms with Gasteiger partial charge in [0.2, 0.25) is 5.91 Å². The number of likely N-dealkylation sites (tertiary alicyclic amines) is 1. The van der Waals surface area contributed by atoms with Gasteiger partial charge >= 0.3 is 6.09 Å². The van der Waals surface area contributed by atoms with Crippen LogP contribution in [0.5, 0.6) is 11.5 Å². The van der Waals surface area contributed by atoms with Crippen molar-refractivity contribution in [1.82, 2.24) is 9.88 Å². The van der Waals surface area contributed by atoms with Gasteiger partial charge in [0.25, 0.3) is 5.91 Å². The van der Waals surface area contributed by atoms with E-state index in [1.807, 2.05) is 58.9 Å². The molecule has 0 spiro atoms. The van der Waals surface area contributed by atoms with Gasteiger partial charge < -0.3 is 19.7 Å². The number of aromatic nitrogens is 1. The van der Waals surface area contributed by atoms with Crippen LogP contribution in [0.25, 0.3) is 0 Å². The van der Waals surface area contributed by atoms with E-state index in [4.69, 9.17) is 14.3 Å². The molecule has 1 fully saturated rings. The number of pyridine rings is 1. The van der Waals surface area contributed by atoms with Crippen LogP contribution in [0.2, 0.25) is 0 Å². The van der Waals surface area contributed by atoms with Gasteiger partial charge in [0, 0.05) is 48.7 Å². The fourth-order valence-corrected chi connectivity index (χ4v) is 5.76. The second-order valence-electron chi connectivity index (χ2n) is 15.1. The summed E-state index contributed by atoms with van der Waals surface area (Å²) >= 11 is 0. The van der Waals surface area contributed by atoms with E-state index in [1.165, 1.54) is 12.2 Å². The molecule has 10 nitrogen and oxygen atoms in total. The number of nitrogens with one attached hydrogen (secondary N) is 1. The van der Waals surface area contributed by atoms with Crippen LogP contribution in [0, 0.1) is 12.8 Å². The SMILES string of the molecule is CCCCC(=O)Nc1cc(N(OC)C(=O)c2ccc(C)c(Oc3ccnc(CC4CCN(C(=O)OC(C)(C)C)CC4)c3)c2)cc(C(C)(C)C)c1. The zero-order valence-corrected chi connectivity index (χ0v) is 31.2. The number of unbranched alkanes of at least 4 members (excludes halogenated alkanes) is 1. The normalized spacial score (nSPS) is 13.9. The number of ether oxygens (including phenoxy) is 2. The number of nitrogens with zero attached hydrogens (tertiary/aromatic N) is 3. The average Bonchev–Trinajstić information content (AvgIpc) is 3.04. The lowest BCUT2D eigenvalue weighted by Gasteiger charge is -2.33. The Morgan fingerprint density at radius 2 is 1.70 bits per heavy atom. The number of rotatable bonds is 11. The quantitative estimate of drug-likeness (QED) is 0.201. The van der Waals surface area contributed by atoms with E-state index in [1.54, 1.807) is 35.4 Å². The summed E-state index contributed by atoms with van der Waals surface area (Å²) in [4.78, 5) is 51.0. The maximum absolute atomic E-state index is 14.0. The summed E-state index contributed by atoms with van der Waals surface area (Å²) in [5.74, 6) is 1.11. The van der Waals surface area contributed by atoms with Crippen LogP contribution in [-0.4, -0.2) is 53.6 Å². The number of benzene rings is 2. The Morgan fingerprint density at radius 3 is 2.34 bits per heavy atom. The zero-order valence-electron chi connectivity index (χ0n) is 31.2. The molecule has 50 heavy (non-hydrogen) atoms. The Labute approximate surface area is 297 Å². The summed E-state index contributed by atoms with van der Waals surface area (Å²) in [7, 11) is 1.45. The highest BCUT2D eigenvalue weighted by Gasteiger charge is 2.28. The second kappa shape index (κ2) is 16.5. The first kappa shape index (κ1) is 38.4. The fraction of sp³-hybridized carbons (Fsp3) is 0.500. The molecule has 0 unspecified atom stereocenters. The highest BCUT2D eigenvalue weighted by Crippen LogP contribution is 2.33. The summed E-state index contributed by atoms with van der Waals surface area (Å²) < 4.78 is 11.9. The third kappa shape index (κ3) is 10.8. The minimum Gasteiger partial charge on any atom is -0.457 e. The second-order valence-corrected chi connectivity index (χ2v) is 15.1. The number of piperidine rings is 1. The van der Waals surface area contributed by atoms with E-state index in [0.29, 0.717) is 53.9 Å². The van der Waals surface area contributed by atoms with Crippen LogP contribution in [0.4, 0.5) is 16.2 Å². The lowest BCUT2D eigenvalue weighted by molar-refractivity contribution is -0.116. The Kier molecular flexibility index (Phi) is 12.7. The monoisotopic (exact) mass is 686 g/mol. The summed E-state index contributed by atoms with van der Waals surface area (Å²) in [6.07, 6.45) is 6.15. The molecule has 0 radical (unpaired) electrons. The van der Waals surface area contributed by atoms with Crippen LogP contribution in [0.15, 0.2) is 54.7 Å². The minimum absolute atomic E-state index is 0.0673. The molecule has 3 amide bonds. The van der Waals surface area contributed by atoms with Gasteiger partial charge in [0.15, 0.2) is 0 Å². The minimum atomic E-state index is -0.512. The fourth-order valence-electron chi connectivity index (χ4n) is 5.76. The molecular weight excluding hydrogens is 632 g/mol. The standard InChI is InChI=1S/C40H54N4O6/c1-10-11-12-36(45)42-32-23-30(39(3,4)5)24-33(25-32)44(48-9)37(46)29-14-13-27(2)35(22-29)49-34-15-18-41-31(26-34)21-28-16-19-43(20-17-28)38(47)50-40(6,7)8/h13-15,18,22-26,28H,10-12,16-17,19-21H2,1-9H3,(H,42,45). The predicted molar refractivity (Wildman–Crippen MR) is 197 cm³/mol. The Balaban J connectivity index is 1.48. The van der Waals surface area contributed by atoms with E-state index in [-0.39, 0.29) is 23.3 Å². The van der Waals surface area contributed by atoms with Crippen molar-refractivity contribution in [2.24, 2.45) is 5.92 Å². The number of anilines is 2. The Morgan fingerprint density at radius 1 is 0.980 bits per heavy atom. The topological polar surface area (TPSA) is 110 Å². The van der Waals surface area contributed by atoms with Crippen molar-refractivity contribution in [2.45, 2.75) is 105 Å². The molecule has 0 bridgehead atoms. The van der Waals surface area contributed by atoms with Gasteiger partial charge in [-0.05, 0) is 112 Å². The number of carbonyl (C=O) groups excluding carboxylic acids is 3. The van der Waals surface area contributed by atoms with Crippen LogP contribution in [0.1, 0.15) is 108 Å². The molecule has 3 aromatic rings. The molecule has 1 saturated heterocycles. The van der Waals surface area contributed by atoms with Gasteiger partial charge in [-0.15, -0.1) is 0 Å². The summed E-state index contributed by atoms with van der Waals surface area (Å²) in [6, 6.07) is 14.7. The van der Waals surface area contributed by atoms with Crippen molar-refractivity contribution in [1.29, 1.82) is 0 Å². The maximum atomic E-state index is 14.0. The van der Waals surface area contributed by atoms with Gasteiger partial charge in [0.05, 0.1) is 12.8 Å². The molecule has 1 aliphatic rings. The van der Waals surface area contributed by atoms with Crippen LogP contribution in [0.3, 0.4) is 0 Å². The van der Waals surface area contributed by atoms with E-state index in [9.17, 15) is 14.4 Å². The lowest BCUT2D eigenvalue weighted by atomic mass is 9.86. The molecule has 10 heteroatoms. The number of aryl methyl sites for hydroxylation is 1. The van der Waals surface area contributed by atoms with Crippen LogP contribution in [-0.2, 0) is 26.2 Å². The molecule has 1 N–H and O–H groups in total. The van der Waals surface area contributed by atoms with Crippen molar-refractivity contribution >= 4 is 29.3 Å². The first-order chi connectivity index (χ1) is 23.6. The summed E-state index contributed by atoms with van der Waals surface area (Å²) in [6.45, 7) is 17.2. The molecule has 2 aromatic carbocycles. The third-order valence-electron chi connectivity index (χ3n) is 8.64. The van der Waals surface area contributed by atoms with Gasteiger partial charge in [-0.2, -0.15) is 5.06 Å². The lowest BCUT2D eigenvalue weighted by Crippen LogP contribution is -2.42. The number of amides is 3. The molecule has 4 rings (SSSR count). The van der Waals surface area contributed by atoms with Gasteiger partial charge in [0.1, 0.15) is 17.1 Å². The summed E-state index contributed by atoms with van der Waals surface area (Å²) in [5.41, 5.74) is 3.47. The number of hydrogen-bond donors (Lipinski definition) is 1. The van der Waals surface area contributed by atoms with E-state index in [0.717, 1.165) is 48.9 Å². The van der Waals surface area contributed by atoms with Crippen molar-refractivity contribution in [3.8, 4) is 11.5 Å². The van der Waals surface area contributed by atoms with E-state index in [2.05, 4.69) is 31.1 Å². The molecule has 270 valence electrons. The number of carbonyl (C=O) groups is 3. The predicted octanol–water partition coefficient (Wildman–Crippen LogP) is 9.01. The molecule has 0 saturated carbocycles. The first-order valence-corrected chi connectivity index (χ1v) is 17.6. The number of hydrogen-bond acceptors (Lipinski definition) is 7. The van der Waals surface area contributed by atoms with Crippen LogP contribution < -0.4 is 15.1 Å². The largest absolute Gasteiger partial charge is 0.457 e. The Bertz CT molecular complexity index is 1650. The van der Waals surface area contributed by atoms with Crippen molar-refractivity contribution in [3.05, 3.63) is 77.1 Å². The zero-order chi connectivity index (χ0) is 36.6. The molecule has 2 heterocycles. The van der Waals surface area contributed by atoms with Crippen molar-refractivity contribution in [3.63, 3.8) is 0 Å². The van der Waals surface area contributed by atoms with Crippen molar-refractivity contribution < 1.29 is 28.7 Å². The smallest absolute Gasteiger partial charge is 0.410 e. The van der Waals surface area contributed by atoms with Crippen LogP contribution >= 0.6 is 0 Å². The van der Waals surface area contributed by atoms with E-state index < -0.39 is 5.60 Å². The molecule has 0 atom stereocenters. The average molecular weight is 687 g/mol.